The minimum atomic E-state index is -0.697. The lowest BCUT2D eigenvalue weighted by atomic mass is 10.0. The predicted molar refractivity (Wildman–Crippen MR) is 151 cm³/mol. The first-order chi connectivity index (χ1) is 16.2. The van der Waals surface area contributed by atoms with E-state index in [1.807, 2.05) is 13.8 Å². The van der Waals surface area contributed by atoms with E-state index in [1.165, 1.54) is 63.1 Å². The summed E-state index contributed by atoms with van der Waals surface area (Å²) in [6.07, 6.45) is 13.3. The Balaban J connectivity index is 3.88. The lowest BCUT2D eigenvalue weighted by Gasteiger charge is -2.22. The summed E-state index contributed by atoms with van der Waals surface area (Å²) in [4.78, 5) is 24.0. The van der Waals surface area contributed by atoms with E-state index in [0.29, 0.717) is 25.6 Å². The molecular formula is C26H48O5S3. The third-order valence-electron chi connectivity index (χ3n) is 5.43. The highest BCUT2D eigenvalue weighted by molar-refractivity contribution is 8.47. The van der Waals surface area contributed by atoms with Crippen LogP contribution in [0.25, 0.3) is 0 Å². The number of thiocarbonyl (C=S) groups is 1. The third kappa shape index (κ3) is 19.9. The van der Waals surface area contributed by atoms with Gasteiger partial charge in [0.1, 0.15) is 14.9 Å². The maximum atomic E-state index is 12.5. The molecule has 0 saturated carbocycles. The van der Waals surface area contributed by atoms with Gasteiger partial charge in [-0.1, -0.05) is 82.8 Å². The largest absolute Gasteiger partial charge is 0.465 e. The van der Waals surface area contributed by atoms with Crippen molar-refractivity contribution in [3.63, 3.8) is 0 Å². The Bertz CT molecular complexity index is 555. The van der Waals surface area contributed by atoms with Gasteiger partial charge in [-0.2, -0.15) is 0 Å². The van der Waals surface area contributed by atoms with Crippen molar-refractivity contribution < 1.29 is 23.8 Å². The monoisotopic (exact) mass is 536 g/mol. The first-order valence-electron chi connectivity index (χ1n) is 12.9. The molecule has 0 saturated heterocycles. The molecule has 0 aliphatic rings. The van der Waals surface area contributed by atoms with E-state index in [4.69, 9.17) is 26.4 Å². The van der Waals surface area contributed by atoms with Crippen LogP contribution < -0.4 is 0 Å². The molecule has 8 heteroatoms. The van der Waals surface area contributed by atoms with Crippen LogP contribution in [0.1, 0.15) is 105 Å². The van der Waals surface area contributed by atoms with Gasteiger partial charge in [-0.25, -0.2) is 0 Å². The molecule has 34 heavy (non-hydrogen) atoms. The number of carbonyl (C=O) groups is 2. The molecule has 0 heterocycles. The van der Waals surface area contributed by atoms with Crippen molar-refractivity contribution in [2.45, 2.75) is 109 Å². The number of hydrogen-bond acceptors (Lipinski definition) is 8. The number of unbranched alkanes of at least 4 members (excludes halogenated alkanes) is 8. The van der Waals surface area contributed by atoms with Gasteiger partial charge in [-0.15, -0.1) is 11.8 Å². The van der Waals surface area contributed by atoms with Gasteiger partial charge in [-0.05, 0) is 45.4 Å². The number of hydrogen-bond donors (Lipinski definition) is 0. The van der Waals surface area contributed by atoms with E-state index in [2.05, 4.69) is 13.8 Å². The summed E-state index contributed by atoms with van der Waals surface area (Å²) in [6, 6.07) is 0. The third-order valence-corrected chi connectivity index (χ3v) is 8.45. The van der Waals surface area contributed by atoms with Crippen LogP contribution in [0.3, 0.4) is 0 Å². The minimum absolute atomic E-state index is 0.214. The molecule has 0 radical (unpaired) electrons. The molecule has 0 aromatic rings. The molecule has 0 rings (SSSR count). The SMILES string of the molecule is CCCCCCCCCC(C)CSC(=S)SC(C)(C)C(=O)OCCCCCC(=O)OCCOC. The zero-order valence-electron chi connectivity index (χ0n) is 22.2. The van der Waals surface area contributed by atoms with E-state index in [9.17, 15) is 9.59 Å². The van der Waals surface area contributed by atoms with Gasteiger partial charge >= 0.3 is 11.9 Å². The molecule has 5 nitrogen and oxygen atoms in total. The van der Waals surface area contributed by atoms with E-state index >= 15 is 0 Å². The second-order valence-corrected chi connectivity index (χ2v) is 13.2. The van der Waals surface area contributed by atoms with Gasteiger partial charge in [0, 0.05) is 19.3 Å². The predicted octanol–water partition coefficient (Wildman–Crippen LogP) is 7.59. The Morgan fingerprint density at radius 1 is 0.882 bits per heavy atom. The van der Waals surface area contributed by atoms with Crippen LogP contribution in [-0.2, 0) is 23.8 Å². The van der Waals surface area contributed by atoms with Crippen LogP contribution in [0, 0.1) is 5.92 Å². The Morgan fingerprint density at radius 2 is 1.53 bits per heavy atom. The highest BCUT2D eigenvalue weighted by Crippen LogP contribution is 2.33. The van der Waals surface area contributed by atoms with Gasteiger partial charge in [0.05, 0.1) is 13.2 Å². The quantitative estimate of drug-likeness (QED) is 0.0845. The van der Waals surface area contributed by atoms with Crippen molar-refractivity contribution >= 4 is 51.2 Å². The molecule has 1 unspecified atom stereocenters. The molecule has 0 N–H and O–H groups in total. The normalized spacial score (nSPS) is 12.4. The van der Waals surface area contributed by atoms with E-state index in [-0.39, 0.29) is 18.5 Å². The number of methoxy groups -OCH3 is 1. The first kappa shape index (κ1) is 33.7. The molecule has 0 aromatic heterocycles. The van der Waals surface area contributed by atoms with Crippen LogP contribution in [0.2, 0.25) is 0 Å². The average molecular weight is 537 g/mol. The summed E-state index contributed by atoms with van der Waals surface area (Å²) in [5.41, 5.74) is 0. The summed E-state index contributed by atoms with van der Waals surface area (Å²) in [5.74, 6) is 1.18. The average Bonchev–Trinajstić information content (AvgIpc) is 2.79. The lowest BCUT2D eigenvalue weighted by molar-refractivity contribution is -0.146. The molecule has 0 amide bonds. The molecule has 1 atom stereocenters. The van der Waals surface area contributed by atoms with Crippen LogP contribution in [-0.4, -0.2) is 52.9 Å². The number of carbonyl (C=O) groups excluding carboxylic acids is 2. The Kier molecular flexibility index (Phi) is 21.7. The van der Waals surface area contributed by atoms with Crippen molar-refractivity contribution in [3.05, 3.63) is 0 Å². The summed E-state index contributed by atoms with van der Waals surface area (Å²) in [7, 11) is 1.57. The zero-order chi connectivity index (χ0) is 25.7. The van der Waals surface area contributed by atoms with Crippen LogP contribution in [0.5, 0.6) is 0 Å². The number of esters is 2. The highest BCUT2D eigenvalue weighted by Gasteiger charge is 2.32. The first-order valence-corrected chi connectivity index (χ1v) is 15.1. The summed E-state index contributed by atoms with van der Waals surface area (Å²) in [5, 5.41) is 0. The smallest absolute Gasteiger partial charge is 0.322 e. The van der Waals surface area contributed by atoms with Crippen LogP contribution in [0.4, 0.5) is 0 Å². The summed E-state index contributed by atoms with van der Waals surface area (Å²) >= 11 is 8.64. The van der Waals surface area contributed by atoms with Gasteiger partial charge < -0.3 is 14.2 Å². The fourth-order valence-electron chi connectivity index (χ4n) is 3.22. The Morgan fingerprint density at radius 3 is 2.21 bits per heavy atom. The maximum Gasteiger partial charge on any atom is 0.322 e. The zero-order valence-corrected chi connectivity index (χ0v) is 24.6. The summed E-state index contributed by atoms with van der Waals surface area (Å²) < 4.78 is 15.4. The molecule has 0 aromatic carbocycles. The van der Waals surface area contributed by atoms with Gasteiger partial charge in [0.25, 0.3) is 0 Å². The molecule has 0 aliphatic heterocycles. The van der Waals surface area contributed by atoms with Crippen molar-refractivity contribution in [2.75, 3.05) is 32.7 Å². The van der Waals surface area contributed by atoms with Crippen LogP contribution >= 0.6 is 35.7 Å². The van der Waals surface area contributed by atoms with Crippen molar-refractivity contribution in [2.24, 2.45) is 5.92 Å². The van der Waals surface area contributed by atoms with E-state index < -0.39 is 4.75 Å². The van der Waals surface area contributed by atoms with Crippen molar-refractivity contribution in [1.29, 1.82) is 0 Å². The highest BCUT2D eigenvalue weighted by atomic mass is 32.2. The molecule has 200 valence electrons. The topological polar surface area (TPSA) is 61.8 Å². The standard InChI is InChI=1S/C26H48O5S3/c1-6-7-8-9-10-11-13-16-22(2)21-33-25(32)34-26(3,4)24(28)31-18-15-12-14-17-23(27)30-20-19-29-5/h22H,6-21H2,1-5H3. The van der Waals surface area contributed by atoms with E-state index in [0.717, 1.165) is 28.5 Å². The molecular weight excluding hydrogens is 488 g/mol. The number of ether oxygens (including phenoxy) is 3. The van der Waals surface area contributed by atoms with Gasteiger partial charge in [0.2, 0.25) is 0 Å². The number of thioether (sulfide) groups is 2. The van der Waals surface area contributed by atoms with Crippen molar-refractivity contribution in [3.8, 4) is 0 Å². The molecule has 0 fully saturated rings. The lowest BCUT2D eigenvalue weighted by Crippen LogP contribution is -2.31. The fourth-order valence-corrected chi connectivity index (χ4v) is 6.26. The van der Waals surface area contributed by atoms with Gasteiger partial charge in [-0.3, -0.25) is 9.59 Å². The Labute approximate surface area is 222 Å². The Hall–Kier alpha value is -0.310. The van der Waals surface area contributed by atoms with Gasteiger partial charge in [0.15, 0.2) is 0 Å². The molecule has 0 aliphatic carbocycles. The maximum absolute atomic E-state index is 12.5. The number of rotatable bonds is 21. The molecule has 0 bridgehead atoms. The van der Waals surface area contributed by atoms with Crippen LogP contribution in [0.15, 0.2) is 0 Å². The van der Waals surface area contributed by atoms with Crippen molar-refractivity contribution in [1.82, 2.24) is 0 Å². The second kappa shape index (κ2) is 21.9. The molecule has 0 spiro atoms. The van der Waals surface area contributed by atoms with E-state index in [1.54, 1.807) is 18.9 Å². The minimum Gasteiger partial charge on any atom is -0.465 e. The fraction of sp³-hybridized carbons (Fsp3) is 0.885. The summed E-state index contributed by atoms with van der Waals surface area (Å²) in [6.45, 7) is 9.33. The second-order valence-electron chi connectivity index (χ2n) is 9.35.